The van der Waals surface area contributed by atoms with Crippen LogP contribution in [0.5, 0.6) is 0 Å². The molecule has 2 N–H and O–H groups in total. The van der Waals surface area contributed by atoms with Crippen LogP contribution in [0, 0.1) is 5.92 Å². The summed E-state index contributed by atoms with van der Waals surface area (Å²) in [4.78, 5) is 25.2. The van der Waals surface area contributed by atoms with E-state index in [1.54, 1.807) is 0 Å². The molecule has 156 valence electrons. The lowest BCUT2D eigenvalue weighted by Gasteiger charge is -2.39. The molecule has 1 saturated heterocycles. The minimum absolute atomic E-state index is 0.0146. The third kappa shape index (κ3) is 5.91. The van der Waals surface area contributed by atoms with E-state index < -0.39 is 26.4 Å². The van der Waals surface area contributed by atoms with Crippen molar-refractivity contribution in [3.05, 3.63) is 11.3 Å². The van der Waals surface area contributed by atoms with Gasteiger partial charge in [0.1, 0.15) is 17.4 Å². The number of hydrogen-bond donors (Lipinski definition) is 2. The van der Waals surface area contributed by atoms with Gasteiger partial charge < -0.3 is 14.8 Å². The van der Waals surface area contributed by atoms with Crippen molar-refractivity contribution in [3.8, 4) is 0 Å². The van der Waals surface area contributed by atoms with Gasteiger partial charge in [0.25, 0.3) is 5.91 Å². The molecular weight excluding hydrogens is 358 g/mol. The van der Waals surface area contributed by atoms with Gasteiger partial charge in [-0.15, -0.1) is 0 Å². The third-order valence-corrected chi connectivity index (χ3v) is 10.6. The fraction of sp³-hybridized carbons (Fsp3) is 0.810. The molecule has 0 unspecified atom stereocenters. The Morgan fingerprint density at radius 1 is 1.19 bits per heavy atom. The van der Waals surface area contributed by atoms with E-state index in [-0.39, 0.29) is 28.1 Å². The second-order valence-electron chi connectivity index (χ2n) is 9.41. The Bertz CT molecular complexity index is 577. The van der Waals surface area contributed by atoms with Crippen LogP contribution in [0.15, 0.2) is 11.3 Å². The smallest absolute Gasteiger partial charge is 0.259 e. The van der Waals surface area contributed by atoms with E-state index in [9.17, 15) is 14.7 Å². The molecule has 6 heteroatoms. The predicted octanol–water partition coefficient (Wildman–Crippen LogP) is 4.88. The average Bonchev–Trinajstić information content (AvgIpc) is 2.84. The average molecular weight is 398 g/mol. The molecule has 1 heterocycles. The number of carbonyl (C=O) groups is 2. The van der Waals surface area contributed by atoms with Gasteiger partial charge >= 0.3 is 0 Å². The van der Waals surface area contributed by atoms with E-state index in [1.165, 1.54) is 0 Å². The maximum atomic E-state index is 12.8. The van der Waals surface area contributed by atoms with Gasteiger partial charge in [-0.2, -0.15) is 0 Å². The molecule has 0 aromatic heterocycles. The lowest BCUT2D eigenvalue weighted by Crippen LogP contribution is -2.50. The number of ketones is 1. The summed E-state index contributed by atoms with van der Waals surface area (Å²) >= 11 is 0. The maximum absolute atomic E-state index is 12.8. The van der Waals surface area contributed by atoms with E-state index >= 15 is 0 Å². The molecule has 1 fully saturated rings. The SMILES string of the molecule is CCCCCC[C@H](C)/C(O)=C1/C(=O)N[C@@H]([C@@H](C)O[Si](C)(C)C(C)(C)C)C1=O. The zero-order valence-corrected chi connectivity index (χ0v) is 19.4. The zero-order valence-electron chi connectivity index (χ0n) is 18.4. The summed E-state index contributed by atoms with van der Waals surface area (Å²) < 4.78 is 6.28. The van der Waals surface area contributed by atoms with Crippen LogP contribution < -0.4 is 5.32 Å². The molecule has 0 saturated carbocycles. The van der Waals surface area contributed by atoms with Crippen LogP contribution in [-0.4, -0.2) is 37.3 Å². The van der Waals surface area contributed by atoms with Gasteiger partial charge in [0.05, 0.1) is 6.10 Å². The fourth-order valence-corrected chi connectivity index (χ4v) is 4.51. The second kappa shape index (κ2) is 9.37. The first kappa shape index (κ1) is 23.9. The van der Waals surface area contributed by atoms with Gasteiger partial charge in [-0.1, -0.05) is 60.3 Å². The summed E-state index contributed by atoms with van der Waals surface area (Å²) in [5.41, 5.74) is -0.0753. The molecule has 3 atom stereocenters. The zero-order chi connectivity index (χ0) is 21.0. The fourth-order valence-electron chi connectivity index (χ4n) is 3.09. The van der Waals surface area contributed by atoms with Gasteiger partial charge in [0.2, 0.25) is 0 Å². The van der Waals surface area contributed by atoms with Crippen LogP contribution in [0.25, 0.3) is 0 Å². The quantitative estimate of drug-likeness (QED) is 0.191. The Kier molecular flexibility index (Phi) is 8.29. The summed E-state index contributed by atoms with van der Waals surface area (Å²) in [6, 6.07) is -0.726. The Morgan fingerprint density at radius 3 is 2.30 bits per heavy atom. The van der Waals surface area contributed by atoms with Crippen molar-refractivity contribution in [1.82, 2.24) is 5.32 Å². The largest absolute Gasteiger partial charge is 0.511 e. The molecule has 0 bridgehead atoms. The Morgan fingerprint density at radius 2 is 1.78 bits per heavy atom. The standard InChI is InChI=1S/C21H39NO4Si/c1-9-10-11-12-13-14(2)18(23)16-19(24)17(22-20(16)25)15(3)26-27(7,8)21(4,5)6/h14-15,17,23H,9-13H2,1-8H3,(H,22,25)/b18-16-/t14-,15+,17-/m0/s1. The monoisotopic (exact) mass is 397 g/mol. The summed E-state index contributed by atoms with van der Waals surface area (Å²) in [6.45, 7) is 16.5. The number of unbranched alkanes of at least 4 members (excludes halogenated alkanes) is 3. The van der Waals surface area contributed by atoms with E-state index in [0.717, 1.165) is 32.1 Å². The highest BCUT2D eigenvalue weighted by atomic mass is 28.4. The van der Waals surface area contributed by atoms with Crippen LogP contribution in [0.2, 0.25) is 18.1 Å². The van der Waals surface area contributed by atoms with Gasteiger partial charge in [0, 0.05) is 5.92 Å². The van der Waals surface area contributed by atoms with Gasteiger partial charge in [-0.3, -0.25) is 9.59 Å². The van der Waals surface area contributed by atoms with Crippen molar-refractivity contribution in [2.24, 2.45) is 5.92 Å². The molecule has 1 amide bonds. The summed E-state index contributed by atoms with van der Waals surface area (Å²) in [6.07, 6.45) is 4.74. The van der Waals surface area contributed by atoms with E-state index in [2.05, 4.69) is 46.1 Å². The number of hydrogen-bond acceptors (Lipinski definition) is 4. The highest BCUT2D eigenvalue weighted by molar-refractivity contribution is 6.74. The van der Waals surface area contributed by atoms with Gasteiger partial charge in [-0.25, -0.2) is 0 Å². The first-order valence-corrected chi connectivity index (χ1v) is 13.2. The molecule has 0 spiro atoms. The number of nitrogens with one attached hydrogen (secondary N) is 1. The lowest BCUT2D eigenvalue weighted by molar-refractivity contribution is -0.118. The number of aliphatic hydroxyl groups excluding tert-OH is 1. The van der Waals surface area contributed by atoms with Crippen LogP contribution >= 0.6 is 0 Å². The first-order valence-electron chi connectivity index (χ1n) is 10.3. The molecule has 27 heavy (non-hydrogen) atoms. The third-order valence-electron chi connectivity index (χ3n) is 6.01. The van der Waals surface area contributed by atoms with E-state index in [1.807, 2.05) is 13.8 Å². The van der Waals surface area contributed by atoms with Crippen LogP contribution in [-0.2, 0) is 14.0 Å². The van der Waals surface area contributed by atoms with Crippen molar-refractivity contribution in [1.29, 1.82) is 0 Å². The van der Waals surface area contributed by atoms with E-state index in [0.29, 0.717) is 0 Å². The molecule has 1 aliphatic heterocycles. The summed E-state index contributed by atoms with van der Waals surface area (Å²) in [7, 11) is -2.07. The van der Waals surface area contributed by atoms with Crippen molar-refractivity contribution < 1.29 is 19.1 Å². The minimum atomic E-state index is -2.07. The molecule has 0 aliphatic carbocycles. The van der Waals surface area contributed by atoms with Crippen LogP contribution in [0.4, 0.5) is 0 Å². The maximum Gasteiger partial charge on any atom is 0.259 e. The predicted molar refractivity (Wildman–Crippen MR) is 112 cm³/mol. The molecular formula is C21H39NO4Si. The number of aliphatic hydroxyl groups is 1. The van der Waals surface area contributed by atoms with E-state index in [4.69, 9.17) is 4.43 Å². The Labute approximate surface area is 166 Å². The second-order valence-corrected chi connectivity index (χ2v) is 14.2. The first-order chi connectivity index (χ1) is 12.3. The molecule has 1 aliphatic rings. The minimum Gasteiger partial charge on any atom is -0.511 e. The number of allylic oxidation sites excluding steroid dienone is 1. The number of carbonyl (C=O) groups excluding carboxylic acids is 2. The van der Waals surface area contributed by atoms with Crippen LogP contribution in [0.3, 0.4) is 0 Å². The number of Topliss-reactive ketones (excluding diaryl/α,β-unsaturated/α-hetero) is 1. The Hall–Kier alpha value is -1.14. The molecule has 5 nitrogen and oxygen atoms in total. The van der Waals surface area contributed by atoms with Crippen molar-refractivity contribution >= 4 is 20.0 Å². The van der Waals surface area contributed by atoms with Crippen LogP contribution in [0.1, 0.15) is 73.6 Å². The Balaban J connectivity index is 2.87. The number of amides is 1. The van der Waals surface area contributed by atoms with Gasteiger partial charge in [-0.05, 0) is 31.5 Å². The molecule has 0 radical (unpaired) electrons. The van der Waals surface area contributed by atoms with Crippen molar-refractivity contribution in [2.45, 2.75) is 104 Å². The van der Waals surface area contributed by atoms with Gasteiger partial charge in [0.15, 0.2) is 14.1 Å². The highest BCUT2D eigenvalue weighted by Gasteiger charge is 2.46. The topological polar surface area (TPSA) is 75.6 Å². The molecule has 0 aromatic carbocycles. The molecule has 0 aromatic rings. The van der Waals surface area contributed by atoms with Crippen molar-refractivity contribution in [2.75, 3.05) is 0 Å². The summed E-state index contributed by atoms with van der Waals surface area (Å²) in [5, 5.41) is 13.3. The normalized spacial score (nSPS) is 22.6. The summed E-state index contributed by atoms with van der Waals surface area (Å²) in [5.74, 6) is -1.09. The molecule has 1 rings (SSSR count). The van der Waals surface area contributed by atoms with Crippen molar-refractivity contribution in [3.63, 3.8) is 0 Å². The number of rotatable bonds is 9. The lowest BCUT2D eigenvalue weighted by atomic mass is 9.95. The highest BCUT2D eigenvalue weighted by Crippen LogP contribution is 2.38.